The summed E-state index contributed by atoms with van der Waals surface area (Å²) in [5, 5.41) is 16.3. The molecule has 0 bridgehead atoms. The van der Waals surface area contributed by atoms with Gasteiger partial charge in [0.15, 0.2) is 5.69 Å². The van der Waals surface area contributed by atoms with Crippen LogP contribution in [0, 0.1) is 11.3 Å². The number of amides is 1. The molecule has 0 spiro atoms. The number of fused-ring (bicyclic) bond motifs is 1. The zero-order valence-corrected chi connectivity index (χ0v) is 15.6. The van der Waals surface area contributed by atoms with Gasteiger partial charge in [0.05, 0.1) is 24.1 Å². The molecule has 2 aromatic rings. The number of hydrogen-bond acceptors (Lipinski definition) is 7. The molecule has 2 atom stereocenters. The molecule has 8 nitrogen and oxygen atoms in total. The average Bonchev–Trinajstić information content (AvgIpc) is 2.66. The van der Waals surface area contributed by atoms with E-state index in [2.05, 4.69) is 31.6 Å². The molecule has 1 amide bonds. The summed E-state index contributed by atoms with van der Waals surface area (Å²) in [6.07, 6.45) is 3.52. The summed E-state index contributed by atoms with van der Waals surface area (Å²) in [7, 11) is 0. The Hall–Kier alpha value is -2.76. The molecule has 1 fully saturated rings. The van der Waals surface area contributed by atoms with Crippen molar-refractivity contribution in [3.8, 4) is 6.07 Å². The highest BCUT2D eigenvalue weighted by Gasteiger charge is 2.26. The number of pyridine rings is 2. The smallest absolute Gasteiger partial charge is 0.216 e. The van der Waals surface area contributed by atoms with Crippen LogP contribution in [0.15, 0.2) is 24.5 Å². The molecule has 3 heterocycles. The first-order valence-electron chi connectivity index (χ1n) is 9.08. The van der Waals surface area contributed by atoms with E-state index in [0.29, 0.717) is 30.8 Å². The Morgan fingerprint density at radius 3 is 3.04 bits per heavy atom. The van der Waals surface area contributed by atoms with Gasteiger partial charge in [-0.2, -0.15) is 5.26 Å². The minimum atomic E-state index is -0.0284. The van der Waals surface area contributed by atoms with Gasteiger partial charge in [0, 0.05) is 51.2 Å². The van der Waals surface area contributed by atoms with Crippen molar-refractivity contribution in [3.05, 3.63) is 30.2 Å². The Bertz CT molecular complexity index is 850. The lowest BCUT2D eigenvalue weighted by Gasteiger charge is -2.38. The summed E-state index contributed by atoms with van der Waals surface area (Å²) in [6, 6.07) is 5.95. The van der Waals surface area contributed by atoms with Crippen molar-refractivity contribution in [1.29, 1.82) is 5.26 Å². The van der Waals surface area contributed by atoms with Gasteiger partial charge >= 0.3 is 0 Å². The summed E-state index contributed by atoms with van der Waals surface area (Å²) in [5.41, 5.74) is 1.93. The Morgan fingerprint density at radius 2 is 2.26 bits per heavy atom. The summed E-state index contributed by atoms with van der Waals surface area (Å²) < 4.78 is 6.04. The molecule has 142 valence electrons. The topological polar surface area (TPSA) is 103 Å². The van der Waals surface area contributed by atoms with Crippen molar-refractivity contribution in [2.45, 2.75) is 26.1 Å². The fraction of sp³-hybridized carbons (Fsp3) is 0.474. The first-order valence-corrected chi connectivity index (χ1v) is 9.08. The van der Waals surface area contributed by atoms with E-state index in [1.165, 1.54) is 6.92 Å². The number of anilines is 1. The number of aromatic nitrogens is 2. The monoisotopic (exact) mass is 368 g/mol. The van der Waals surface area contributed by atoms with Crippen LogP contribution in [0.2, 0.25) is 0 Å². The number of nitrogens with zero attached hydrogens (tertiary/aromatic N) is 4. The van der Waals surface area contributed by atoms with Crippen LogP contribution in [0.1, 0.15) is 19.5 Å². The normalized spacial score (nSPS) is 19.7. The van der Waals surface area contributed by atoms with Gasteiger partial charge in [0.2, 0.25) is 5.91 Å². The second-order valence-electron chi connectivity index (χ2n) is 6.66. The molecule has 0 aromatic carbocycles. The molecule has 8 heteroatoms. The van der Waals surface area contributed by atoms with Gasteiger partial charge in [-0.05, 0) is 19.1 Å². The Morgan fingerprint density at radius 1 is 1.41 bits per heavy atom. The highest BCUT2D eigenvalue weighted by molar-refractivity contribution is 5.93. The molecule has 0 radical (unpaired) electrons. The number of carbonyl (C=O) groups is 1. The van der Waals surface area contributed by atoms with Gasteiger partial charge in [-0.25, -0.2) is 4.98 Å². The van der Waals surface area contributed by atoms with Gasteiger partial charge in [-0.15, -0.1) is 0 Å². The van der Waals surface area contributed by atoms with E-state index in [4.69, 9.17) is 4.74 Å². The quantitative estimate of drug-likeness (QED) is 0.728. The van der Waals surface area contributed by atoms with E-state index >= 15 is 0 Å². The van der Waals surface area contributed by atoms with Crippen LogP contribution in [-0.2, 0) is 9.53 Å². The van der Waals surface area contributed by atoms with Crippen molar-refractivity contribution in [1.82, 2.24) is 20.6 Å². The molecule has 3 rings (SSSR count). The first kappa shape index (κ1) is 19.0. The lowest BCUT2D eigenvalue weighted by molar-refractivity contribution is -0.118. The van der Waals surface area contributed by atoms with Crippen molar-refractivity contribution in [2.75, 3.05) is 37.6 Å². The maximum absolute atomic E-state index is 10.9. The first-order chi connectivity index (χ1) is 13.1. The van der Waals surface area contributed by atoms with Crippen molar-refractivity contribution in [2.24, 2.45) is 0 Å². The molecular weight excluding hydrogens is 344 g/mol. The average molecular weight is 368 g/mol. The Balaban J connectivity index is 1.71. The molecule has 2 unspecified atom stereocenters. The molecule has 1 aliphatic heterocycles. The highest BCUT2D eigenvalue weighted by Crippen LogP contribution is 2.28. The van der Waals surface area contributed by atoms with E-state index in [9.17, 15) is 10.1 Å². The van der Waals surface area contributed by atoms with E-state index in [1.54, 1.807) is 12.4 Å². The maximum Gasteiger partial charge on any atom is 0.216 e. The summed E-state index contributed by atoms with van der Waals surface area (Å²) >= 11 is 0. The third kappa shape index (κ3) is 4.70. The number of ether oxygens (including phenoxy) is 1. The van der Waals surface area contributed by atoms with Crippen molar-refractivity contribution < 1.29 is 9.53 Å². The van der Waals surface area contributed by atoms with Gasteiger partial charge in [-0.1, -0.05) is 0 Å². The lowest BCUT2D eigenvalue weighted by Crippen LogP contribution is -2.50. The van der Waals surface area contributed by atoms with Crippen LogP contribution in [0.5, 0.6) is 0 Å². The molecule has 1 saturated heterocycles. The van der Waals surface area contributed by atoms with Crippen LogP contribution in [0.25, 0.3) is 10.9 Å². The second kappa shape index (κ2) is 8.75. The van der Waals surface area contributed by atoms with Gasteiger partial charge in [0.1, 0.15) is 11.6 Å². The molecular formula is C19H24N6O2. The third-order valence-corrected chi connectivity index (χ3v) is 4.44. The fourth-order valence-corrected chi connectivity index (χ4v) is 3.34. The summed E-state index contributed by atoms with van der Waals surface area (Å²) in [5.74, 6) is -0.0284. The van der Waals surface area contributed by atoms with Gasteiger partial charge in [-0.3, -0.25) is 9.78 Å². The van der Waals surface area contributed by atoms with E-state index in [1.807, 2.05) is 19.1 Å². The SMILES string of the molecule is CC(=O)NCCNCC1CN(c2cnc(C#N)c3ncccc23)CC(C)O1. The predicted octanol–water partition coefficient (Wildman–Crippen LogP) is 0.821. The fourth-order valence-electron chi connectivity index (χ4n) is 3.34. The number of morpholine rings is 1. The Kier molecular flexibility index (Phi) is 6.16. The molecule has 0 aliphatic carbocycles. The van der Waals surface area contributed by atoms with Crippen LogP contribution in [0.4, 0.5) is 5.69 Å². The minimum absolute atomic E-state index is 0.0217. The Labute approximate surface area is 158 Å². The van der Waals surface area contributed by atoms with Crippen molar-refractivity contribution >= 4 is 22.5 Å². The van der Waals surface area contributed by atoms with Crippen LogP contribution in [-0.4, -0.2) is 60.8 Å². The number of nitrogens with one attached hydrogen (secondary N) is 2. The summed E-state index contributed by atoms with van der Waals surface area (Å²) in [6.45, 7) is 7.01. The molecule has 2 aromatic heterocycles. The van der Waals surface area contributed by atoms with Gasteiger partial charge in [0.25, 0.3) is 0 Å². The van der Waals surface area contributed by atoms with E-state index in [0.717, 1.165) is 24.2 Å². The highest BCUT2D eigenvalue weighted by atomic mass is 16.5. The second-order valence-corrected chi connectivity index (χ2v) is 6.66. The standard InChI is InChI=1S/C19H24N6O2/c1-13-11-25(12-15(27-13)9-21-6-7-22-14(2)26)18-10-24-17(8-20)19-16(18)4-3-5-23-19/h3-5,10,13,15,21H,6-7,9,11-12H2,1-2H3,(H,22,26). The third-order valence-electron chi connectivity index (χ3n) is 4.44. The van der Waals surface area contributed by atoms with Crippen molar-refractivity contribution in [3.63, 3.8) is 0 Å². The molecule has 27 heavy (non-hydrogen) atoms. The van der Waals surface area contributed by atoms with Gasteiger partial charge < -0.3 is 20.3 Å². The summed E-state index contributed by atoms with van der Waals surface area (Å²) in [4.78, 5) is 21.8. The van der Waals surface area contributed by atoms with E-state index in [-0.39, 0.29) is 18.1 Å². The van der Waals surface area contributed by atoms with Crippen LogP contribution in [0.3, 0.4) is 0 Å². The van der Waals surface area contributed by atoms with E-state index < -0.39 is 0 Å². The molecule has 1 aliphatic rings. The van der Waals surface area contributed by atoms with Crippen LogP contribution < -0.4 is 15.5 Å². The maximum atomic E-state index is 10.9. The lowest BCUT2D eigenvalue weighted by atomic mass is 10.1. The number of hydrogen-bond donors (Lipinski definition) is 2. The predicted molar refractivity (Wildman–Crippen MR) is 102 cm³/mol. The largest absolute Gasteiger partial charge is 0.370 e. The molecule has 0 saturated carbocycles. The zero-order chi connectivity index (χ0) is 19.2. The minimum Gasteiger partial charge on any atom is -0.370 e. The van der Waals surface area contributed by atoms with Crippen LogP contribution >= 0.6 is 0 Å². The molecule has 2 N–H and O–H groups in total. The number of rotatable bonds is 6. The number of nitriles is 1. The zero-order valence-electron chi connectivity index (χ0n) is 15.6. The number of carbonyl (C=O) groups excluding carboxylic acids is 1.